The zero-order valence-electron chi connectivity index (χ0n) is 11.7. The maximum absolute atomic E-state index is 13.3. The van der Waals surface area contributed by atoms with Crippen molar-refractivity contribution >= 4 is 10.0 Å². The maximum Gasteiger partial charge on any atom is 0.244 e. The van der Waals surface area contributed by atoms with E-state index in [9.17, 15) is 12.8 Å². The van der Waals surface area contributed by atoms with Crippen LogP contribution >= 0.6 is 0 Å². The fraction of sp³-hybridized carbons (Fsp3) is 0.429. The summed E-state index contributed by atoms with van der Waals surface area (Å²) >= 11 is 0. The smallest absolute Gasteiger partial charge is 0.244 e. The minimum Gasteiger partial charge on any atom is -0.384 e. The number of hydrogen-bond acceptors (Lipinski definition) is 4. The average Bonchev–Trinajstić information content (AvgIpc) is 2.45. The Morgan fingerprint density at radius 2 is 1.95 bits per heavy atom. The number of likely N-dealkylation sites (N-methyl/N-ethyl adjacent to an activating group) is 1. The fourth-order valence-electron chi connectivity index (χ4n) is 2.13. The highest BCUT2D eigenvalue weighted by atomic mass is 32.2. The Bertz CT molecular complexity index is 671. The quantitative estimate of drug-likeness (QED) is 0.787. The Hall–Kier alpha value is -1.46. The molecule has 0 unspecified atom stereocenters. The summed E-state index contributed by atoms with van der Waals surface area (Å²) in [4.78, 5) is 2.03. The van der Waals surface area contributed by atoms with Gasteiger partial charge in [0, 0.05) is 31.7 Å². The molecule has 0 spiro atoms. The van der Waals surface area contributed by atoms with Crippen LogP contribution in [-0.2, 0) is 10.0 Å². The molecule has 0 radical (unpaired) electrons. The molecule has 0 saturated carbocycles. The molecule has 5 nitrogen and oxygen atoms in total. The number of piperazine rings is 1. The zero-order valence-corrected chi connectivity index (χ0v) is 12.5. The van der Waals surface area contributed by atoms with Gasteiger partial charge in [0.2, 0.25) is 10.0 Å². The number of aliphatic hydroxyl groups excluding tert-OH is 1. The van der Waals surface area contributed by atoms with Gasteiger partial charge in [-0.2, -0.15) is 4.31 Å². The van der Waals surface area contributed by atoms with Gasteiger partial charge in [0.15, 0.2) is 0 Å². The molecule has 1 heterocycles. The van der Waals surface area contributed by atoms with Crippen LogP contribution in [0, 0.1) is 17.7 Å². The number of aliphatic hydroxyl groups is 1. The van der Waals surface area contributed by atoms with Crippen molar-refractivity contribution in [2.75, 3.05) is 39.8 Å². The number of benzene rings is 1. The standard InChI is InChI=1S/C14H17FN2O3S/c1-16-6-8-17(9-7-16)21(19,20)14-5-4-13(15)11-12(14)3-2-10-18/h4-5,11,18H,6-10H2,1H3. The summed E-state index contributed by atoms with van der Waals surface area (Å²) in [6, 6.07) is 3.41. The largest absolute Gasteiger partial charge is 0.384 e. The Labute approximate surface area is 124 Å². The Morgan fingerprint density at radius 3 is 2.57 bits per heavy atom. The Morgan fingerprint density at radius 1 is 1.29 bits per heavy atom. The van der Waals surface area contributed by atoms with Gasteiger partial charge in [-0.3, -0.25) is 0 Å². The van der Waals surface area contributed by atoms with Crippen molar-refractivity contribution < 1.29 is 17.9 Å². The van der Waals surface area contributed by atoms with Gasteiger partial charge in [0.05, 0.1) is 4.90 Å². The van der Waals surface area contributed by atoms with Gasteiger partial charge in [-0.05, 0) is 25.2 Å². The highest BCUT2D eigenvalue weighted by Crippen LogP contribution is 2.21. The van der Waals surface area contributed by atoms with Crippen LogP contribution in [-0.4, -0.2) is 62.6 Å². The third-order valence-corrected chi connectivity index (χ3v) is 5.28. The van der Waals surface area contributed by atoms with Crippen molar-refractivity contribution in [2.24, 2.45) is 0 Å². The average molecular weight is 312 g/mol. The molecule has 0 atom stereocenters. The highest BCUT2D eigenvalue weighted by Gasteiger charge is 2.29. The van der Waals surface area contributed by atoms with E-state index in [4.69, 9.17) is 5.11 Å². The molecule has 1 fully saturated rings. The van der Waals surface area contributed by atoms with Crippen molar-refractivity contribution in [3.05, 3.63) is 29.6 Å². The first-order chi connectivity index (χ1) is 9.95. The van der Waals surface area contributed by atoms with E-state index in [1.807, 2.05) is 11.9 Å². The molecule has 114 valence electrons. The van der Waals surface area contributed by atoms with Crippen molar-refractivity contribution in [2.45, 2.75) is 4.90 Å². The summed E-state index contributed by atoms with van der Waals surface area (Å²) in [5.74, 6) is 4.30. The lowest BCUT2D eigenvalue weighted by molar-refractivity contribution is 0.222. The predicted octanol–water partition coefficient (Wildman–Crippen LogP) is 0.106. The molecule has 0 amide bonds. The van der Waals surface area contributed by atoms with Gasteiger partial charge in [-0.25, -0.2) is 12.8 Å². The van der Waals surface area contributed by atoms with E-state index in [0.29, 0.717) is 26.2 Å². The molecule has 1 aliphatic heterocycles. The summed E-state index contributed by atoms with van der Waals surface area (Å²) in [5.41, 5.74) is 0.0722. The van der Waals surface area contributed by atoms with E-state index in [2.05, 4.69) is 11.8 Å². The van der Waals surface area contributed by atoms with E-state index < -0.39 is 22.4 Å². The summed E-state index contributed by atoms with van der Waals surface area (Å²) in [6.45, 7) is 1.67. The molecule has 1 aromatic carbocycles. The van der Waals surface area contributed by atoms with Gasteiger partial charge in [0.1, 0.15) is 12.4 Å². The minimum atomic E-state index is -3.71. The second kappa shape index (κ2) is 6.54. The maximum atomic E-state index is 13.3. The summed E-state index contributed by atoms with van der Waals surface area (Å²) in [6.07, 6.45) is 0. The molecule has 7 heteroatoms. The molecule has 0 aromatic heterocycles. The lowest BCUT2D eigenvalue weighted by Gasteiger charge is -2.31. The predicted molar refractivity (Wildman–Crippen MR) is 76.6 cm³/mol. The van der Waals surface area contributed by atoms with E-state index in [1.54, 1.807) is 0 Å². The molecule has 1 aliphatic rings. The van der Waals surface area contributed by atoms with Crippen LogP contribution in [0.15, 0.2) is 23.1 Å². The SMILES string of the molecule is CN1CCN(S(=O)(=O)c2ccc(F)cc2C#CCO)CC1. The van der Waals surface area contributed by atoms with E-state index in [0.717, 1.165) is 12.1 Å². The van der Waals surface area contributed by atoms with E-state index >= 15 is 0 Å². The van der Waals surface area contributed by atoms with Gasteiger partial charge in [0.25, 0.3) is 0 Å². The van der Waals surface area contributed by atoms with Gasteiger partial charge in [-0.15, -0.1) is 0 Å². The second-order valence-corrected chi connectivity index (χ2v) is 6.71. The third-order valence-electron chi connectivity index (χ3n) is 3.32. The molecule has 21 heavy (non-hydrogen) atoms. The van der Waals surface area contributed by atoms with Crippen LogP contribution in [0.1, 0.15) is 5.56 Å². The van der Waals surface area contributed by atoms with Crippen molar-refractivity contribution in [1.29, 1.82) is 0 Å². The third kappa shape index (κ3) is 3.60. The topological polar surface area (TPSA) is 60.9 Å². The van der Waals surface area contributed by atoms with Crippen LogP contribution in [0.2, 0.25) is 0 Å². The van der Waals surface area contributed by atoms with Gasteiger partial charge in [-0.1, -0.05) is 11.8 Å². The number of nitrogens with zero attached hydrogens (tertiary/aromatic N) is 2. The fourth-order valence-corrected chi connectivity index (χ4v) is 3.68. The number of halogens is 1. The lowest BCUT2D eigenvalue weighted by atomic mass is 10.2. The molecule has 1 aromatic rings. The van der Waals surface area contributed by atoms with Crippen LogP contribution in [0.5, 0.6) is 0 Å². The molecule has 1 saturated heterocycles. The van der Waals surface area contributed by atoms with E-state index in [-0.39, 0.29) is 10.5 Å². The lowest BCUT2D eigenvalue weighted by Crippen LogP contribution is -2.47. The summed E-state index contributed by atoms with van der Waals surface area (Å²) < 4.78 is 40.0. The molecule has 1 N–H and O–H groups in total. The van der Waals surface area contributed by atoms with Crippen LogP contribution < -0.4 is 0 Å². The highest BCUT2D eigenvalue weighted by molar-refractivity contribution is 7.89. The normalized spacial score (nSPS) is 17.3. The van der Waals surface area contributed by atoms with Crippen LogP contribution in [0.4, 0.5) is 4.39 Å². The molecule has 0 aliphatic carbocycles. The van der Waals surface area contributed by atoms with Crippen LogP contribution in [0.25, 0.3) is 0 Å². The molecular formula is C14H17FN2O3S. The van der Waals surface area contributed by atoms with Crippen LogP contribution in [0.3, 0.4) is 0 Å². The summed E-state index contributed by atoms with van der Waals surface area (Å²) in [5, 5.41) is 8.74. The Kier molecular flexibility index (Phi) is 4.96. The summed E-state index contributed by atoms with van der Waals surface area (Å²) in [7, 11) is -1.78. The number of sulfonamides is 1. The number of hydrogen-bond donors (Lipinski definition) is 1. The van der Waals surface area contributed by atoms with E-state index in [1.165, 1.54) is 10.4 Å². The first kappa shape index (κ1) is 15.9. The molecule has 2 rings (SSSR count). The Balaban J connectivity index is 2.40. The first-order valence-electron chi connectivity index (χ1n) is 6.53. The van der Waals surface area contributed by atoms with Gasteiger partial charge < -0.3 is 10.0 Å². The monoisotopic (exact) mass is 312 g/mol. The second-order valence-electron chi connectivity index (χ2n) is 4.81. The van der Waals surface area contributed by atoms with Crippen molar-refractivity contribution in [1.82, 2.24) is 9.21 Å². The zero-order chi connectivity index (χ0) is 15.5. The number of rotatable bonds is 2. The van der Waals surface area contributed by atoms with Crippen molar-refractivity contribution in [3.8, 4) is 11.8 Å². The molecular weight excluding hydrogens is 295 g/mol. The van der Waals surface area contributed by atoms with Crippen molar-refractivity contribution in [3.63, 3.8) is 0 Å². The molecule has 0 bridgehead atoms. The van der Waals surface area contributed by atoms with Gasteiger partial charge >= 0.3 is 0 Å². The first-order valence-corrected chi connectivity index (χ1v) is 7.97. The minimum absolute atomic E-state index is 0.0191.